The van der Waals surface area contributed by atoms with Gasteiger partial charge in [-0.3, -0.25) is 4.79 Å². The van der Waals surface area contributed by atoms with Crippen molar-refractivity contribution in [2.45, 2.75) is 26.8 Å². The summed E-state index contributed by atoms with van der Waals surface area (Å²) in [5.41, 5.74) is 4.41. The summed E-state index contributed by atoms with van der Waals surface area (Å²) in [6.45, 7) is 5.86. The maximum absolute atomic E-state index is 11.9. The molecule has 1 aliphatic rings. The first-order valence-electron chi connectivity index (χ1n) is 6.25. The van der Waals surface area contributed by atoms with Crippen molar-refractivity contribution < 1.29 is 9.36 Å². The Bertz CT molecular complexity index is 707. The first kappa shape index (κ1) is 11.2. The number of para-hydroxylation sites is 2. The van der Waals surface area contributed by atoms with Gasteiger partial charge < -0.3 is 0 Å². The topological polar surface area (TPSA) is 25.9 Å². The van der Waals surface area contributed by atoms with E-state index in [1.165, 1.54) is 16.6 Å². The van der Waals surface area contributed by atoms with Gasteiger partial charge in [0, 0.05) is 0 Å². The van der Waals surface area contributed by atoms with Crippen LogP contribution in [0.3, 0.4) is 0 Å². The van der Waals surface area contributed by atoms with Crippen molar-refractivity contribution in [2.24, 2.45) is 7.05 Å². The number of rotatable bonds is 1. The lowest BCUT2D eigenvalue weighted by Crippen LogP contribution is -2.32. The Morgan fingerprint density at radius 3 is 2.67 bits per heavy atom. The standard InChI is InChI=1S/C15H17N2O/c1-9-10(2)17-13-8-6-5-7-12(13)16(4)15(17)14(9)11(3)18/h5-8,10H,1-4H3/q+1. The number of aromatic nitrogens is 2. The van der Waals surface area contributed by atoms with E-state index >= 15 is 0 Å². The van der Waals surface area contributed by atoms with Gasteiger partial charge in [-0.2, -0.15) is 0 Å². The molecule has 1 aliphatic heterocycles. The summed E-state index contributed by atoms with van der Waals surface area (Å²) >= 11 is 0. The summed E-state index contributed by atoms with van der Waals surface area (Å²) in [5.74, 6) is 1.19. The highest BCUT2D eigenvalue weighted by Crippen LogP contribution is 2.37. The van der Waals surface area contributed by atoms with E-state index in [4.69, 9.17) is 0 Å². The molecule has 1 atom stereocenters. The minimum atomic E-state index is 0.150. The first-order valence-corrected chi connectivity index (χ1v) is 6.25. The number of nitrogens with zero attached hydrogens (tertiary/aromatic N) is 2. The van der Waals surface area contributed by atoms with Crippen LogP contribution in [0.1, 0.15) is 32.6 Å². The van der Waals surface area contributed by atoms with E-state index in [1.54, 1.807) is 6.92 Å². The number of ketones is 1. The summed E-state index contributed by atoms with van der Waals surface area (Å²) in [4.78, 5) is 11.9. The number of hydrogen-bond donors (Lipinski definition) is 0. The van der Waals surface area contributed by atoms with Gasteiger partial charge in [0.1, 0.15) is 11.6 Å². The van der Waals surface area contributed by atoms with Gasteiger partial charge in [0.05, 0.1) is 7.05 Å². The summed E-state index contributed by atoms with van der Waals surface area (Å²) in [5, 5.41) is 0. The van der Waals surface area contributed by atoms with Crippen molar-refractivity contribution in [2.75, 3.05) is 0 Å². The average molecular weight is 241 g/mol. The van der Waals surface area contributed by atoms with E-state index in [2.05, 4.69) is 35.1 Å². The van der Waals surface area contributed by atoms with Gasteiger partial charge in [-0.15, -0.1) is 0 Å². The molecule has 0 bridgehead atoms. The number of Topliss-reactive ketones (excluding diaryl/α,β-unsaturated/α-hetero) is 1. The quantitative estimate of drug-likeness (QED) is 0.704. The Morgan fingerprint density at radius 2 is 2.00 bits per heavy atom. The lowest BCUT2D eigenvalue weighted by Gasteiger charge is -2.03. The lowest BCUT2D eigenvalue weighted by atomic mass is 10.0. The highest BCUT2D eigenvalue weighted by molar-refractivity contribution is 6.20. The molecule has 3 nitrogen and oxygen atoms in total. The minimum absolute atomic E-state index is 0.150. The second-order valence-electron chi connectivity index (χ2n) is 5.03. The van der Waals surface area contributed by atoms with E-state index in [9.17, 15) is 4.79 Å². The van der Waals surface area contributed by atoms with Gasteiger partial charge in [-0.05, 0) is 38.5 Å². The number of hydrogen-bond acceptors (Lipinski definition) is 1. The molecule has 0 saturated carbocycles. The fourth-order valence-corrected chi connectivity index (χ4v) is 3.04. The molecule has 0 fully saturated rings. The predicted molar refractivity (Wildman–Crippen MR) is 71.1 cm³/mol. The number of allylic oxidation sites excluding steroid dienone is 2. The Labute approximate surface area is 106 Å². The minimum Gasteiger partial charge on any atom is -0.294 e. The van der Waals surface area contributed by atoms with Crippen LogP contribution in [-0.2, 0) is 11.8 Å². The molecule has 3 rings (SSSR count). The molecule has 1 unspecified atom stereocenters. The molecule has 0 radical (unpaired) electrons. The van der Waals surface area contributed by atoms with E-state index in [-0.39, 0.29) is 11.8 Å². The van der Waals surface area contributed by atoms with Crippen LogP contribution in [0.4, 0.5) is 0 Å². The predicted octanol–water partition coefficient (Wildman–Crippen LogP) is 2.40. The van der Waals surface area contributed by atoms with E-state index in [0.717, 1.165) is 11.4 Å². The van der Waals surface area contributed by atoms with E-state index < -0.39 is 0 Å². The van der Waals surface area contributed by atoms with Gasteiger partial charge in [-0.1, -0.05) is 12.1 Å². The largest absolute Gasteiger partial charge is 0.294 e. The summed E-state index contributed by atoms with van der Waals surface area (Å²) in [7, 11) is 2.03. The molecule has 18 heavy (non-hydrogen) atoms. The van der Waals surface area contributed by atoms with Gasteiger partial charge in [0.2, 0.25) is 0 Å². The second kappa shape index (κ2) is 3.55. The summed E-state index contributed by atoms with van der Waals surface area (Å²) < 4.78 is 4.39. The van der Waals surface area contributed by atoms with Crippen LogP contribution in [-0.4, -0.2) is 10.4 Å². The highest BCUT2D eigenvalue weighted by Gasteiger charge is 2.39. The maximum atomic E-state index is 11.9. The molecule has 1 aromatic carbocycles. The van der Waals surface area contributed by atoms with Crippen molar-refractivity contribution >= 4 is 22.4 Å². The molecule has 2 heterocycles. The molecule has 1 aromatic heterocycles. The second-order valence-corrected chi connectivity index (χ2v) is 5.03. The number of aryl methyl sites for hydroxylation is 1. The average Bonchev–Trinajstić information content (AvgIpc) is 2.77. The molecule has 0 aliphatic carbocycles. The zero-order valence-electron chi connectivity index (χ0n) is 11.2. The molecule has 0 saturated heterocycles. The molecule has 3 heteroatoms. The van der Waals surface area contributed by atoms with Gasteiger partial charge >= 0.3 is 0 Å². The number of benzene rings is 1. The third-order valence-corrected chi connectivity index (χ3v) is 4.03. The van der Waals surface area contributed by atoms with E-state index in [1.807, 2.05) is 19.2 Å². The Hall–Kier alpha value is -1.90. The van der Waals surface area contributed by atoms with Crippen LogP contribution in [0.25, 0.3) is 16.6 Å². The SMILES string of the molecule is CC(=O)C1=C(C)C(C)n2c1[n+](C)c1ccccc12. The fraction of sp³-hybridized carbons (Fsp3) is 0.333. The molecule has 92 valence electrons. The highest BCUT2D eigenvalue weighted by atomic mass is 16.1. The molecule has 0 spiro atoms. The van der Waals surface area contributed by atoms with Crippen molar-refractivity contribution in [1.29, 1.82) is 0 Å². The summed E-state index contributed by atoms with van der Waals surface area (Å²) in [6.07, 6.45) is 0. The van der Waals surface area contributed by atoms with Crippen LogP contribution in [0, 0.1) is 0 Å². The molecular formula is C15H17N2O+. The zero-order chi connectivity index (χ0) is 13.0. The van der Waals surface area contributed by atoms with Crippen molar-refractivity contribution in [1.82, 2.24) is 4.57 Å². The number of carbonyl (C=O) groups is 1. The molecule has 2 aromatic rings. The molecule has 0 N–H and O–H groups in total. The van der Waals surface area contributed by atoms with E-state index in [0.29, 0.717) is 0 Å². The molecular weight excluding hydrogens is 224 g/mol. The van der Waals surface area contributed by atoms with Crippen LogP contribution < -0.4 is 4.57 Å². The van der Waals surface area contributed by atoms with Gasteiger partial charge in [0.15, 0.2) is 16.8 Å². The van der Waals surface area contributed by atoms with Crippen LogP contribution in [0.15, 0.2) is 29.8 Å². The number of carbonyl (C=O) groups excluding carboxylic acids is 1. The number of fused-ring (bicyclic) bond motifs is 3. The van der Waals surface area contributed by atoms with Crippen molar-refractivity contribution in [3.8, 4) is 0 Å². The van der Waals surface area contributed by atoms with Crippen molar-refractivity contribution in [3.63, 3.8) is 0 Å². The first-order chi connectivity index (χ1) is 8.54. The third kappa shape index (κ3) is 1.19. The summed E-state index contributed by atoms with van der Waals surface area (Å²) in [6, 6.07) is 8.55. The normalized spacial score (nSPS) is 18.6. The van der Waals surface area contributed by atoms with Crippen LogP contribution in [0.5, 0.6) is 0 Å². The van der Waals surface area contributed by atoms with Crippen LogP contribution >= 0.6 is 0 Å². The smallest absolute Gasteiger partial charge is 0.293 e. The number of imidazole rings is 1. The lowest BCUT2D eigenvalue weighted by molar-refractivity contribution is -0.647. The maximum Gasteiger partial charge on any atom is 0.293 e. The van der Waals surface area contributed by atoms with Gasteiger partial charge in [-0.25, -0.2) is 9.13 Å². The Balaban J connectivity index is 2.46. The van der Waals surface area contributed by atoms with Crippen LogP contribution in [0.2, 0.25) is 0 Å². The van der Waals surface area contributed by atoms with Gasteiger partial charge in [0.25, 0.3) is 5.82 Å². The fourth-order valence-electron chi connectivity index (χ4n) is 3.04. The third-order valence-electron chi connectivity index (χ3n) is 4.03. The Kier molecular flexibility index (Phi) is 2.21. The monoisotopic (exact) mass is 241 g/mol. The Morgan fingerprint density at radius 1 is 1.33 bits per heavy atom. The molecule has 0 amide bonds. The zero-order valence-corrected chi connectivity index (χ0v) is 11.2. The van der Waals surface area contributed by atoms with Crippen molar-refractivity contribution in [3.05, 3.63) is 35.7 Å².